The molecule has 0 radical (unpaired) electrons. The van der Waals surface area contributed by atoms with Gasteiger partial charge < -0.3 is 20.3 Å². The van der Waals surface area contributed by atoms with E-state index >= 15 is 0 Å². The Kier molecular flexibility index (Phi) is 3.22. The summed E-state index contributed by atoms with van der Waals surface area (Å²) in [5.41, 5.74) is 7.17. The molecule has 104 valence electrons. The predicted molar refractivity (Wildman–Crippen MR) is 72.9 cm³/mol. The number of hydrogen-bond donors (Lipinski definition) is 2. The Hall–Kier alpha value is -1.49. The summed E-state index contributed by atoms with van der Waals surface area (Å²) in [6.45, 7) is 0.783. The Bertz CT molecular complexity index is 479. The van der Waals surface area contributed by atoms with Gasteiger partial charge in [0.1, 0.15) is 5.69 Å². The van der Waals surface area contributed by atoms with Gasteiger partial charge in [0, 0.05) is 18.8 Å². The molecule has 0 aromatic carbocycles. The third-order valence-electron chi connectivity index (χ3n) is 4.13. The number of carbonyl (C=O) groups is 1. The average molecular weight is 263 g/mol. The van der Waals surface area contributed by atoms with Crippen molar-refractivity contribution in [2.24, 2.45) is 0 Å². The fourth-order valence-corrected chi connectivity index (χ4v) is 2.93. The molecule has 5 heteroatoms. The van der Waals surface area contributed by atoms with E-state index < -0.39 is 0 Å². The molecule has 1 aliphatic heterocycles. The molecule has 2 aliphatic rings. The highest BCUT2D eigenvalue weighted by Crippen LogP contribution is 2.37. The fraction of sp³-hybridized carbons (Fsp3) is 0.643. The van der Waals surface area contributed by atoms with E-state index in [1.54, 1.807) is 6.07 Å². The summed E-state index contributed by atoms with van der Waals surface area (Å²) in [5.74, 6) is 0.0161. The second kappa shape index (κ2) is 4.89. The topological polar surface area (TPSA) is 71.5 Å². The number of rotatable bonds is 3. The Morgan fingerprint density at radius 2 is 2.16 bits per heavy atom. The number of aliphatic hydroxyl groups excluding tert-OH is 1. The van der Waals surface area contributed by atoms with E-state index in [4.69, 9.17) is 5.73 Å². The first-order valence-corrected chi connectivity index (χ1v) is 7.10. The molecule has 1 unspecified atom stereocenters. The summed E-state index contributed by atoms with van der Waals surface area (Å²) in [4.78, 5) is 14.5. The molecule has 3 rings (SSSR count). The normalized spacial score (nSPS) is 23.6. The molecule has 1 aromatic rings. The van der Waals surface area contributed by atoms with E-state index in [2.05, 4.69) is 0 Å². The molecule has 1 aromatic heterocycles. The maximum atomic E-state index is 12.7. The molecule has 3 N–H and O–H groups in total. The van der Waals surface area contributed by atoms with Crippen LogP contribution in [0.15, 0.2) is 12.3 Å². The predicted octanol–water partition coefficient (Wildman–Crippen LogP) is 1.39. The van der Waals surface area contributed by atoms with Crippen molar-refractivity contribution in [3.63, 3.8) is 0 Å². The first-order chi connectivity index (χ1) is 9.20. The van der Waals surface area contributed by atoms with Crippen LogP contribution in [-0.4, -0.2) is 39.7 Å². The molecule has 5 nitrogen and oxygen atoms in total. The minimum absolute atomic E-state index is 0.0161. The largest absolute Gasteiger partial charge is 0.397 e. The molecule has 2 fully saturated rings. The number of nitrogen functional groups attached to an aromatic ring is 1. The Balaban J connectivity index is 1.86. The van der Waals surface area contributed by atoms with Crippen LogP contribution < -0.4 is 5.73 Å². The van der Waals surface area contributed by atoms with Gasteiger partial charge in [-0.1, -0.05) is 0 Å². The van der Waals surface area contributed by atoms with Crippen molar-refractivity contribution in [2.45, 2.75) is 44.2 Å². The van der Waals surface area contributed by atoms with Crippen LogP contribution in [0.25, 0.3) is 0 Å². The molecule has 1 saturated carbocycles. The van der Waals surface area contributed by atoms with Crippen molar-refractivity contribution >= 4 is 11.6 Å². The summed E-state index contributed by atoms with van der Waals surface area (Å²) in [7, 11) is 0. The lowest BCUT2D eigenvalue weighted by molar-refractivity contribution is 0.0492. The van der Waals surface area contributed by atoms with Crippen LogP contribution in [0.4, 0.5) is 5.69 Å². The van der Waals surface area contributed by atoms with Gasteiger partial charge in [-0.25, -0.2) is 0 Å². The minimum Gasteiger partial charge on any atom is -0.397 e. The number of carbonyl (C=O) groups excluding carboxylic acids is 1. The monoisotopic (exact) mass is 263 g/mol. The van der Waals surface area contributed by atoms with Crippen LogP contribution in [0, 0.1) is 0 Å². The van der Waals surface area contributed by atoms with Crippen LogP contribution >= 0.6 is 0 Å². The van der Waals surface area contributed by atoms with Crippen molar-refractivity contribution in [3.8, 4) is 0 Å². The third-order valence-corrected chi connectivity index (χ3v) is 4.13. The number of hydrogen-bond acceptors (Lipinski definition) is 3. The lowest BCUT2D eigenvalue weighted by Gasteiger charge is -2.34. The summed E-state index contributed by atoms with van der Waals surface area (Å²) in [6, 6.07) is 2.17. The maximum Gasteiger partial charge on any atom is 0.270 e. The zero-order valence-electron chi connectivity index (χ0n) is 11.1. The molecule has 0 bridgehead atoms. The van der Waals surface area contributed by atoms with E-state index in [0.29, 0.717) is 17.4 Å². The highest BCUT2D eigenvalue weighted by molar-refractivity contribution is 5.94. The highest BCUT2D eigenvalue weighted by atomic mass is 16.3. The van der Waals surface area contributed by atoms with Gasteiger partial charge in [0.25, 0.3) is 5.91 Å². The quantitative estimate of drug-likeness (QED) is 0.865. The Labute approximate surface area is 113 Å². The van der Waals surface area contributed by atoms with Gasteiger partial charge in [0.05, 0.1) is 18.3 Å². The van der Waals surface area contributed by atoms with E-state index in [1.807, 2.05) is 15.7 Å². The number of aromatic nitrogens is 1. The van der Waals surface area contributed by atoms with Crippen LogP contribution in [0.3, 0.4) is 0 Å². The van der Waals surface area contributed by atoms with Crippen LogP contribution in [0.1, 0.15) is 48.6 Å². The van der Waals surface area contributed by atoms with Crippen molar-refractivity contribution in [3.05, 3.63) is 18.0 Å². The van der Waals surface area contributed by atoms with Gasteiger partial charge >= 0.3 is 0 Å². The van der Waals surface area contributed by atoms with E-state index in [0.717, 1.165) is 38.6 Å². The minimum atomic E-state index is -0.0370. The smallest absolute Gasteiger partial charge is 0.270 e. The standard InChI is InChI=1S/C14H21N3O2/c15-10-7-13(17(8-10)11-4-5-11)14(19)16-6-2-1-3-12(16)9-18/h7-8,11-12,18H,1-6,9,15H2. The zero-order chi connectivity index (χ0) is 13.4. The summed E-state index contributed by atoms with van der Waals surface area (Å²) in [5, 5.41) is 9.43. The van der Waals surface area contributed by atoms with Gasteiger partial charge in [0.15, 0.2) is 0 Å². The van der Waals surface area contributed by atoms with Gasteiger partial charge in [-0.3, -0.25) is 4.79 Å². The highest BCUT2D eigenvalue weighted by Gasteiger charge is 2.32. The average Bonchev–Trinajstić information content (AvgIpc) is 3.21. The SMILES string of the molecule is Nc1cc(C(=O)N2CCCCC2CO)n(C2CC2)c1. The molecule has 1 atom stereocenters. The number of nitrogens with zero attached hydrogens (tertiary/aromatic N) is 2. The number of aliphatic hydroxyl groups is 1. The van der Waals surface area contributed by atoms with Gasteiger partial charge in [0.2, 0.25) is 0 Å². The first-order valence-electron chi connectivity index (χ1n) is 7.10. The van der Waals surface area contributed by atoms with Crippen LogP contribution in [-0.2, 0) is 0 Å². The van der Waals surface area contributed by atoms with Crippen molar-refractivity contribution in [1.82, 2.24) is 9.47 Å². The molecule has 1 saturated heterocycles. The second-order valence-corrected chi connectivity index (χ2v) is 5.63. The number of likely N-dealkylation sites (tertiary alicyclic amines) is 1. The lowest BCUT2D eigenvalue weighted by atomic mass is 10.0. The molecule has 1 amide bonds. The molecule has 2 heterocycles. The Morgan fingerprint density at radius 1 is 1.37 bits per heavy atom. The molecular weight excluding hydrogens is 242 g/mol. The molecular formula is C14H21N3O2. The van der Waals surface area contributed by atoms with E-state index in [1.165, 1.54) is 0 Å². The van der Waals surface area contributed by atoms with Gasteiger partial charge in [-0.05, 0) is 38.2 Å². The van der Waals surface area contributed by atoms with Crippen molar-refractivity contribution in [1.29, 1.82) is 0 Å². The summed E-state index contributed by atoms with van der Waals surface area (Å²) < 4.78 is 2.01. The van der Waals surface area contributed by atoms with Crippen molar-refractivity contribution in [2.75, 3.05) is 18.9 Å². The van der Waals surface area contributed by atoms with Gasteiger partial charge in [-0.15, -0.1) is 0 Å². The number of piperidine rings is 1. The van der Waals surface area contributed by atoms with Crippen LogP contribution in [0.2, 0.25) is 0 Å². The Morgan fingerprint density at radius 3 is 2.84 bits per heavy atom. The van der Waals surface area contributed by atoms with E-state index in [9.17, 15) is 9.90 Å². The number of amides is 1. The van der Waals surface area contributed by atoms with Crippen molar-refractivity contribution < 1.29 is 9.90 Å². The fourth-order valence-electron chi connectivity index (χ4n) is 2.93. The molecule has 19 heavy (non-hydrogen) atoms. The zero-order valence-corrected chi connectivity index (χ0v) is 11.1. The van der Waals surface area contributed by atoms with Gasteiger partial charge in [-0.2, -0.15) is 0 Å². The third kappa shape index (κ3) is 2.34. The number of anilines is 1. The molecule has 0 spiro atoms. The number of nitrogens with two attached hydrogens (primary N) is 1. The van der Waals surface area contributed by atoms with E-state index in [-0.39, 0.29) is 18.6 Å². The van der Waals surface area contributed by atoms with Crippen LogP contribution in [0.5, 0.6) is 0 Å². The second-order valence-electron chi connectivity index (χ2n) is 5.63. The first kappa shape index (κ1) is 12.5. The summed E-state index contributed by atoms with van der Waals surface area (Å²) >= 11 is 0. The summed E-state index contributed by atoms with van der Waals surface area (Å²) in [6.07, 6.45) is 7.10. The molecule has 1 aliphatic carbocycles. The lowest BCUT2D eigenvalue weighted by Crippen LogP contribution is -2.46. The maximum absolute atomic E-state index is 12.7.